The van der Waals surface area contributed by atoms with E-state index in [1.807, 2.05) is 0 Å². The first kappa shape index (κ1) is 12.2. The number of carbonyl (C=O) groups excluding carboxylic acids is 1. The largest absolute Gasteiger partial charge is 0.461 e. The summed E-state index contributed by atoms with van der Waals surface area (Å²) in [5.74, 6) is -2.46. The van der Waals surface area contributed by atoms with Crippen molar-refractivity contribution in [3.63, 3.8) is 0 Å². The van der Waals surface area contributed by atoms with Gasteiger partial charge in [-0.05, 0) is 25.1 Å². The summed E-state index contributed by atoms with van der Waals surface area (Å²) in [5, 5.41) is 3.92. The van der Waals surface area contributed by atoms with Gasteiger partial charge in [-0.25, -0.2) is 18.3 Å². The van der Waals surface area contributed by atoms with Gasteiger partial charge in [0.25, 0.3) is 0 Å². The lowest BCUT2D eigenvalue weighted by Gasteiger charge is -2.01. The lowest BCUT2D eigenvalue weighted by Crippen LogP contribution is -2.06. The molecule has 6 heteroatoms. The molecule has 0 saturated heterocycles. The van der Waals surface area contributed by atoms with Crippen LogP contribution in [0.25, 0.3) is 5.69 Å². The fourth-order valence-corrected chi connectivity index (χ4v) is 1.41. The van der Waals surface area contributed by atoms with Gasteiger partial charge in [-0.15, -0.1) is 0 Å². The van der Waals surface area contributed by atoms with Gasteiger partial charge in [-0.1, -0.05) is 0 Å². The molecule has 0 fully saturated rings. The Bertz CT molecular complexity index is 581. The third-order valence-corrected chi connectivity index (χ3v) is 2.24. The molecule has 0 spiro atoms. The number of rotatable bonds is 3. The van der Waals surface area contributed by atoms with E-state index in [1.165, 1.54) is 23.0 Å². The number of hydrogen-bond donors (Lipinski definition) is 0. The summed E-state index contributed by atoms with van der Waals surface area (Å²) in [4.78, 5) is 11.4. The molecule has 0 bridgehead atoms. The number of benzene rings is 1. The minimum Gasteiger partial charge on any atom is -0.461 e. The maximum absolute atomic E-state index is 13.0. The van der Waals surface area contributed by atoms with Crippen LogP contribution in [0, 0.1) is 11.6 Å². The Morgan fingerprint density at radius 2 is 2.11 bits per heavy atom. The van der Waals surface area contributed by atoms with E-state index in [9.17, 15) is 13.6 Å². The van der Waals surface area contributed by atoms with Crippen LogP contribution in [0.4, 0.5) is 8.78 Å². The molecule has 1 aromatic carbocycles. The lowest BCUT2D eigenvalue weighted by molar-refractivity contribution is 0.0519. The van der Waals surface area contributed by atoms with Gasteiger partial charge >= 0.3 is 5.97 Å². The molecule has 1 aromatic heterocycles. The zero-order chi connectivity index (χ0) is 13.1. The van der Waals surface area contributed by atoms with Crippen LogP contribution < -0.4 is 0 Å². The summed E-state index contributed by atoms with van der Waals surface area (Å²) < 4.78 is 31.9. The van der Waals surface area contributed by atoms with Crippen LogP contribution in [0.15, 0.2) is 30.5 Å². The average molecular weight is 252 g/mol. The molecule has 2 rings (SSSR count). The zero-order valence-corrected chi connectivity index (χ0v) is 9.56. The fraction of sp³-hybridized carbons (Fsp3) is 0.167. The Morgan fingerprint density at radius 1 is 1.33 bits per heavy atom. The highest BCUT2D eigenvalue weighted by Gasteiger charge is 2.11. The number of nitrogens with zero attached hydrogens (tertiary/aromatic N) is 2. The summed E-state index contributed by atoms with van der Waals surface area (Å²) in [5.41, 5.74) is 0.436. The van der Waals surface area contributed by atoms with Gasteiger partial charge in [0.1, 0.15) is 0 Å². The second-order valence-electron chi connectivity index (χ2n) is 3.46. The van der Waals surface area contributed by atoms with Crippen LogP contribution in [0.3, 0.4) is 0 Å². The van der Waals surface area contributed by atoms with Crippen LogP contribution >= 0.6 is 0 Å². The highest BCUT2D eigenvalue weighted by molar-refractivity contribution is 5.87. The molecule has 0 N–H and O–H groups in total. The number of aromatic nitrogens is 2. The molecule has 0 unspecified atom stereocenters. The van der Waals surface area contributed by atoms with E-state index in [-0.39, 0.29) is 12.3 Å². The molecule has 0 saturated carbocycles. The second-order valence-corrected chi connectivity index (χ2v) is 3.46. The molecule has 4 nitrogen and oxygen atoms in total. The van der Waals surface area contributed by atoms with Gasteiger partial charge in [0.2, 0.25) is 0 Å². The van der Waals surface area contributed by atoms with E-state index in [2.05, 4.69) is 5.10 Å². The topological polar surface area (TPSA) is 44.1 Å². The van der Waals surface area contributed by atoms with Crippen LogP contribution in [0.1, 0.15) is 17.4 Å². The Balaban J connectivity index is 2.29. The molecule has 2 aromatic rings. The number of esters is 1. The van der Waals surface area contributed by atoms with E-state index < -0.39 is 17.6 Å². The Hall–Kier alpha value is -2.24. The summed E-state index contributed by atoms with van der Waals surface area (Å²) in [6.07, 6.45) is 1.47. The minimum atomic E-state index is -0.972. The quantitative estimate of drug-likeness (QED) is 0.787. The van der Waals surface area contributed by atoms with Crippen LogP contribution in [0.5, 0.6) is 0 Å². The molecular weight excluding hydrogens is 242 g/mol. The number of halogens is 2. The molecule has 0 radical (unpaired) electrons. The predicted molar refractivity (Wildman–Crippen MR) is 59.4 cm³/mol. The Morgan fingerprint density at radius 3 is 2.78 bits per heavy atom. The fourth-order valence-electron chi connectivity index (χ4n) is 1.41. The van der Waals surface area contributed by atoms with Gasteiger partial charge < -0.3 is 4.74 Å². The van der Waals surface area contributed by atoms with Gasteiger partial charge in [0.05, 0.1) is 12.3 Å². The van der Waals surface area contributed by atoms with Gasteiger partial charge in [0.15, 0.2) is 17.3 Å². The third-order valence-electron chi connectivity index (χ3n) is 2.24. The van der Waals surface area contributed by atoms with Gasteiger partial charge in [-0.3, -0.25) is 0 Å². The standard InChI is InChI=1S/C12H10F2N2O2/c1-2-18-12(17)11-5-6-16(15-11)8-3-4-9(13)10(14)7-8/h3-7H,2H2,1H3. The number of carbonyl (C=O) groups is 1. The zero-order valence-electron chi connectivity index (χ0n) is 9.56. The Kier molecular flexibility index (Phi) is 3.36. The van der Waals surface area contributed by atoms with Crippen molar-refractivity contribution in [2.24, 2.45) is 0 Å². The molecule has 0 amide bonds. The van der Waals surface area contributed by atoms with Crippen LogP contribution in [-0.4, -0.2) is 22.4 Å². The second kappa shape index (κ2) is 4.95. The maximum atomic E-state index is 13.0. The Labute approximate surface area is 102 Å². The van der Waals surface area contributed by atoms with E-state index in [1.54, 1.807) is 6.92 Å². The third kappa shape index (κ3) is 2.37. The molecular formula is C12H10F2N2O2. The molecule has 94 valence electrons. The monoisotopic (exact) mass is 252 g/mol. The SMILES string of the molecule is CCOC(=O)c1ccn(-c2ccc(F)c(F)c2)n1. The maximum Gasteiger partial charge on any atom is 0.358 e. The van der Waals surface area contributed by atoms with Crippen molar-refractivity contribution >= 4 is 5.97 Å². The highest BCUT2D eigenvalue weighted by atomic mass is 19.2. The molecule has 0 aliphatic heterocycles. The normalized spacial score (nSPS) is 10.4. The predicted octanol–water partition coefficient (Wildman–Crippen LogP) is 2.33. The molecule has 0 aliphatic carbocycles. The lowest BCUT2D eigenvalue weighted by atomic mass is 10.3. The molecule has 0 atom stereocenters. The minimum absolute atomic E-state index is 0.113. The van der Waals surface area contributed by atoms with E-state index >= 15 is 0 Å². The first-order valence-electron chi connectivity index (χ1n) is 5.30. The van der Waals surface area contributed by atoms with Crippen molar-refractivity contribution in [1.82, 2.24) is 9.78 Å². The average Bonchev–Trinajstić information content (AvgIpc) is 2.82. The van der Waals surface area contributed by atoms with Gasteiger partial charge in [0, 0.05) is 12.3 Å². The van der Waals surface area contributed by atoms with Crippen molar-refractivity contribution < 1.29 is 18.3 Å². The van der Waals surface area contributed by atoms with Gasteiger partial charge in [-0.2, -0.15) is 5.10 Å². The van der Waals surface area contributed by atoms with Crippen molar-refractivity contribution in [1.29, 1.82) is 0 Å². The highest BCUT2D eigenvalue weighted by Crippen LogP contribution is 2.13. The van der Waals surface area contributed by atoms with Crippen molar-refractivity contribution in [3.05, 3.63) is 47.8 Å². The van der Waals surface area contributed by atoms with Crippen LogP contribution in [-0.2, 0) is 4.74 Å². The summed E-state index contributed by atoms with van der Waals surface area (Å²) in [6.45, 7) is 1.93. The molecule has 18 heavy (non-hydrogen) atoms. The van der Waals surface area contributed by atoms with Crippen molar-refractivity contribution in [3.8, 4) is 5.69 Å². The van der Waals surface area contributed by atoms with Crippen molar-refractivity contribution in [2.75, 3.05) is 6.61 Å². The number of ether oxygens (including phenoxy) is 1. The first-order chi connectivity index (χ1) is 8.61. The molecule has 1 heterocycles. The van der Waals surface area contributed by atoms with E-state index in [0.29, 0.717) is 5.69 Å². The summed E-state index contributed by atoms with van der Waals surface area (Å²) >= 11 is 0. The van der Waals surface area contributed by atoms with Crippen LogP contribution in [0.2, 0.25) is 0 Å². The van der Waals surface area contributed by atoms with E-state index in [0.717, 1.165) is 12.1 Å². The first-order valence-corrected chi connectivity index (χ1v) is 5.30. The van der Waals surface area contributed by atoms with E-state index in [4.69, 9.17) is 4.74 Å². The summed E-state index contributed by atoms with van der Waals surface area (Å²) in [7, 11) is 0. The number of hydrogen-bond acceptors (Lipinski definition) is 3. The summed E-state index contributed by atoms with van der Waals surface area (Å²) in [6, 6.07) is 4.80. The van der Waals surface area contributed by atoms with Crippen molar-refractivity contribution in [2.45, 2.75) is 6.92 Å². The smallest absolute Gasteiger partial charge is 0.358 e. The molecule has 0 aliphatic rings.